The van der Waals surface area contributed by atoms with Crippen LogP contribution in [0.5, 0.6) is 0 Å². The van der Waals surface area contributed by atoms with E-state index in [4.69, 9.17) is 0 Å². The first kappa shape index (κ1) is 8.72. The van der Waals surface area contributed by atoms with Crippen molar-refractivity contribution in [3.05, 3.63) is 0 Å². The zero-order valence-electron chi connectivity index (χ0n) is 8.54. The Morgan fingerprint density at radius 3 is 2.29 bits per heavy atom. The average molecular weight is 194 g/mol. The Morgan fingerprint density at radius 2 is 1.79 bits per heavy atom. The highest BCUT2D eigenvalue weighted by Gasteiger charge is 2.40. The van der Waals surface area contributed by atoms with Crippen LogP contribution in [0.15, 0.2) is 0 Å². The Hall–Kier alpha value is -0.570. The van der Waals surface area contributed by atoms with Crippen molar-refractivity contribution in [3.63, 3.8) is 0 Å². The minimum Gasteiger partial charge on any atom is -0.342 e. The van der Waals surface area contributed by atoms with Crippen LogP contribution >= 0.6 is 0 Å². The maximum absolute atomic E-state index is 11.9. The predicted octanol–water partition coefficient (Wildman–Crippen LogP) is 0.464. The van der Waals surface area contributed by atoms with Crippen molar-refractivity contribution >= 4 is 5.91 Å². The molecule has 14 heavy (non-hydrogen) atoms. The zero-order chi connectivity index (χ0) is 9.54. The molecular weight excluding hydrogens is 176 g/mol. The summed E-state index contributed by atoms with van der Waals surface area (Å²) in [6.45, 7) is 3.93. The van der Waals surface area contributed by atoms with Crippen molar-refractivity contribution in [1.29, 1.82) is 0 Å². The Kier molecular flexibility index (Phi) is 2.01. The third kappa shape index (κ3) is 1.26. The predicted molar refractivity (Wildman–Crippen MR) is 53.8 cm³/mol. The van der Waals surface area contributed by atoms with Gasteiger partial charge in [0.1, 0.15) is 0 Å². The van der Waals surface area contributed by atoms with Gasteiger partial charge in [-0.2, -0.15) is 0 Å². The van der Waals surface area contributed by atoms with Crippen LogP contribution in [-0.2, 0) is 4.79 Å². The van der Waals surface area contributed by atoms with Crippen LogP contribution in [0.4, 0.5) is 0 Å². The van der Waals surface area contributed by atoms with Crippen molar-refractivity contribution in [2.45, 2.75) is 19.3 Å². The topological polar surface area (TPSA) is 32.3 Å². The standard InChI is InChI=1S/C11H18N2O/c14-11(10-4-12-5-10)13-6-8-2-1-3-9(8)7-13/h8-10,12H,1-7H2. The van der Waals surface area contributed by atoms with Crippen molar-refractivity contribution in [3.8, 4) is 0 Å². The van der Waals surface area contributed by atoms with Crippen molar-refractivity contribution in [1.82, 2.24) is 10.2 Å². The number of rotatable bonds is 1. The second kappa shape index (κ2) is 3.23. The largest absolute Gasteiger partial charge is 0.342 e. The molecule has 2 saturated heterocycles. The molecule has 1 N–H and O–H groups in total. The highest BCUT2D eigenvalue weighted by Crippen LogP contribution is 2.38. The third-order valence-corrected chi connectivity index (χ3v) is 4.17. The fraction of sp³-hybridized carbons (Fsp3) is 0.909. The molecule has 1 saturated carbocycles. The molecule has 0 spiro atoms. The lowest BCUT2D eigenvalue weighted by molar-refractivity contribution is -0.136. The molecule has 78 valence electrons. The molecule has 0 radical (unpaired) electrons. The number of nitrogens with zero attached hydrogens (tertiary/aromatic N) is 1. The summed E-state index contributed by atoms with van der Waals surface area (Å²) in [4.78, 5) is 14.1. The molecule has 2 atom stereocenters. The van der Waals surface area contributed by atoms with Gasteiger partial charge in [-0.05, 0) is 24.7 Å². The molecule has 1 aliphatic carbocycles. The number of hydrogen-bond acceptors (Lipinski definition) is 2. The van der Waals surface area contributed by atoms with Gasteiger partial charge in [0, 0.05) is 26.2 Å². The SMILES string of the molecule is O=C(C1CNC1)N1CC2CCCC2C1. The van der Waals surface area contributed by atoms with Crippen LogP contribution in [0.3, 0.4) is 0 Å². The lowest BCUT2D eigenvalue weighted by Crippen LogP contribution is -2.51. The van der Waals surface area contributed by atoms with E-state index in [0.717, 1.165) is 38.0 Å². The van der Waals surface area contributed by atoms with Gasteiger partial charge in [-0.25, -0.2) is 0 Å². The first-order valence-electron chi connectivity index (χ1n) is 5.84. The van der Waals surface area contributed by atoms with E-state index < -0.39 is 0 Å². The highest BCUT2D eigenvalue weighted by atomic mass is 16.2. The molecule has 3 nitrogen and oxygen atoms in total. The molecular formula is C11H18N2O. The van der Waals surface area contributed by atoms with E-state index >= 15 is 0 Å². The van der Waals surface area contributed by atoms with Gasteiger partial charge in [-0.15, -0.1) is 0 Å². The minimum absolute atomic E-state index is 0.300. The lowest BCUT2D eigenvalue weighted by Gasteiger charge is -2.30. The van der Waals surface area contributed by atoms with Crippen molar-refractivity contribution in [2.75, 3.05) is 26.2 Å². The van der Waals surface area contributed by atoms with Gasteiger partial charge < -0.3 is 10.2 Å². The molecule has 1 amide bonds. The van der Waals surface area contributed by atoms with Gasteiger partial charge in [0.05, 0.1) is 5.92 Å². The Labute approximate surface area is 84.8 Å². The van der Waals surface area contributed by atoms with Crippen molar-refractivity contribution in [2.24, 2.45) is 17.8 Å². The molecule has 2 unspecified atom stereocenters. The van der Waals surface area contributed by atoms with Crippen LogP contribution < -0.4 is 5.32 Å². The van der Waals surface area contributed by atoms with E-state index in [1.165, 1.54) is 19.3 Å². The fourth-order valence-corrected chi connectivity index (χ4v) is 3.14. The van der Waals surface area contributed by atoms with Gasteiger partial charge >= 0.3 is 0 Å². The van der Waals surface area contributed by atoms with Gasteiger partial charge in [-0.3, -0.25) is 4.79 Å². The lowest BCUT2D eigenvalue weighted by atomic mass is 10.0. The third-order valence-electron chi connectivity index (χ3n) is 4.17. The molecule has 0 aromatic carbocycles. The molecule has 3 rings (SSSR count). The Balaban J connectivity index is 1.61. The maximum atomic E-state index is 11.9. The molecule has 3 aliphatic rings. The van der Waals surface area contributed by atoms with Crippen LogP contribution in [0.1, 0.15) is 19.3 Å². The van der Waals surface area contributed by atoms with E-state index in [-0.39, 0.29) is 0 Å². The average Bonchev–Trinajstić information content (AvgIpc) is 2.56. The normalized spacial score (nSPS) is 37.0. The van der Waals surface area contributed by atoms with E-state index in [2.05, 4.69) is 10.2 Å². The van der Waals surface area contributed by atoms with Gasteiger partial charge in [0.2, 0.25) is 5.91 Å². The zero-order valence-corrected chi connectivity index (χ0v) is 8.54. The molecule has 0 aromatic rings. The van der Waals surface area contributed by atoms with Gasteiger partial charge in [0.25, 0.3) is 0 Å². The summed E-state index contributed by atoms with van der Waals surface area (Å²) in [5.41, 5.74) is 0. The summed E-state index contributed by atoms with van der Waals surface area (Å²) in [5.74, 6) is 2.39. The van der Waals surface area contributed by atoms with Crippen LogP contribution in [0, 0.1) is 17.8 Å². The molecule has 0 aromatic heterocycles. The number of likely N-dealkylation sites (tertiary alicyclic amines) is 1. The summed E-state index contributed by atoms with van der Waals surface area (Å²) >= 11 is 0. The summed E-state index contributed by atoms with van der Waals surface area (Å²) in [6, 6.07) is 0. The van der Waals surface area contributed by atoms with Crippen molar-refractivity contribution < 1.29 is 4.79 Å². The van der Waals surface area contributed by atoms with E-state index in [9.17, 15) is 4.79 Å². The second-order valence-electron chi connectivity index (χ2n) is 5.05. The molecule has 3 fully saturated rings. The monoisotopic (exact) mass is 194 g/mol. The first-order valence-corrected chi connectivity index (χ1v) is 5.84. The molecule has 2 aliphatic heterocycles. The first-order chi connectivity index (χ1) is 6.84. The van der Waals surface area contributed by atoms with Crippen LogP contribution in [0.2, 0.25) is 0 Å². The number of nitrogens with one attached hydrogen (secondary N) is 1. The summed E-state index contributed by atoms with van der Waals surface area (Å²) in [7, 11) is 0. The highest BCUT2D eigenvalue weighted by molar-refractivity contribution is 5.80. The van der Waals surface area contributed by atoms with E-state index in [0.29, 0.717) is 11.8 Å². The Bertz CT molecular complexity index is 238. The summed E-state index contributed by atoms with van der Waals surface area (Å²) < 4.78 is 0. The van der Waals surface area contributed by atoms with Crippen LogP contribution in [0.25, 0.3) is 0 Å². The van der Waals surface area contributed by atoms with E-state index in [1.54, 1.807) is 0 Å². The van der Waals surface area contributed by atoms with E-state index in [1.807, 2.05) is 0 Å². The van der Waals surface area contributed by atoms with Gasteiger partial charge in [-0.1, -0.05) is 6.42 Å². The second-order valence-corrected chi connectivity index (χ2v) is 5.05. The number of carbonyl (C=O) groups is 1. The van der Waals surface area contributed by atoms with Crippen LogP contribution in [-0.4, -0.2) is 37.0 Å². The molecule has 0 bridgehead atoms. The van der Waals surface area contributed by atoms with Gasteiger partial charge in [0.15, 0.2) is 0 Å². The minimum atomic E-state index is 0.300. The number of carbonyl (C=O) groups excluding carboxylic acids is 1. The summed E-state index contributed by atoms with van der Waals surface area (Å²) in [6.07, 6.45) is 4.11. The number of amides is 1. The number of hydrogen-bond donors (Lipinski definition) is 1. The number of fused-ring (bicyclic) bond motifs is 1. The smallest absolute Gasteiger partial charge is 0.228 e. The maximum Gasteiger partial charge on any atom is 0.228 e. The molecule has 3 heteroatoms. The summed E-state index contributed by atoms with van der Waals surface area (Å²) in [5, 5.41) is 3.17. The Morgan fingerprint density at radius 1 is 1.14 bits per heavy atom. The molecule has 2 heterocycles. The quantitative estimate of drug-likeness (QED) is 0.658. The fourth-order valence-electron chi connectivity index (χ4n) is 3.14.